The van der Waals surface area contributed by atoms with Crippen molar-refractivity contribution in [2.24, 2.45) is 5.16 Å². The molecule has 0 aromatic carbocycles. The van der Waals surface area contributed by atoms with Gasteiger partial charge in [0.25, 0.3) is 0 Å². The molecule has 0 bridgehead atoms. The lowest BCUT2D eigenvalue weighted by Crippen LogP contribution is -2.50. The van der Waals surface area contributed by atoms with Crippen LogP contribution < -0.4 is 0 Å². The summed E-state index contributed by atoms with van der Waals surface area (Å²) in [5.74, 6) is -0.988. The first-order valence-corrected chi connectivity index (χ1v) is 7.39. The number of methoxy groups -OCH3 is 1. The summed E-state index contributed by atoms with van der Waals surface area (Å²) in [6, 6.07) is 3.17. The average Bonchev–Trinajstić information content (AvgIpc) is 2.92. The quantitative estimate of drug-likeness (QED) is 0.470. The fraction of sp³-hybridized carbons (Fsp3) is 0.562. The van der Waals surface area contributed by atoms with E-state index in [0.29, 0.717) is 12.8 Å². The summed E-state index contributed by atoms with van der Waals surface area (Å²) in [7, 11) is 1.23. The van der Waals surface area contributed by atoms with Gasteiger partial charge in [-0.05, 0) is 39.3 Å². The molecule has 0 unspecified atom stereocenters. The van der Waals surface area contributed by atoms with Gasteiger partial charge < -0.3 is 18.7 Å². The van der Waals surface area contributed by atoms with Crippen LogP contribution in [0, 0.1) is 0 Å². The Morgan fingerprint density at radius 1 is 1.30 bits per heavy atom. The van der Waals surface area contributed by atoms with E-state index in [2.05, 4.69) is 9.89 Å². The van der Waals surface area contributed by atoms with E-state index in [9.17, 15) is 9.59 Å². The molecule has 1 aromatic heterocycles. The van der Waals surface area contributed by atoms with Crippen LogP contribution in [0.4, 0.5) is 0 Å². The number of hydrogen-bond donors (Lipinski definition) is 0. The maximum Gasteiger partial charge on any atom is 0.364 e. The molecule has 2 rings (SSSR count). The van der Waals surface area contributed by atoms with Gasteiger partial charge in [0.05, 0.1) is 13.4 Å². The highest BCUT2D eigenvalue weighted by Crippen LogP contribution is 2.38. The van der Waals surface area contributed by atoms with Gasteiger partial charge in [-0.3, -0.25) is 0 Å². The van der Waals surface area contributed by atoms with Crippen molar-refractivity contribution in [3.8, 4) is 0 Å². The number of carbonyl (C=O) groups excluding carboxylic acids is 2. The molecule has 1 aliphatic rings. The minimum Gasteiger partial charge on any atom is -0.464 e. The van der Waals surface area contributed by atoms with Gasteiger partial charge in [0.1, 0.15) is 5.60 Å². The number of esters is 2. The number of hydrogen-bond acceptors (Lipinski definition) is 7. The molecule has 0 aliphatic heterocycles. The Morgan fingerprint density at radius 2 is 2.00 bits per heavy atom. The smallest absolute Gasteiger partial charge is 0.364 e. The Labute approximate surface area is 134 Å². The maximum absolute atomic E-state index is 12.3. The van der Waals surface area contributed by atoms with Gasteiger partial charge in [-0.1, -0.05) is 5.16 Å². The summed E-state index contributed by atoms with van der Waals surface area (Å²) in [6.07, 6.45) is 3.19. The average molecular weight is 323 g/mol. The molecular formula is C16H21NO6. The zero-order valence-corrected chi connectivity index (χ0v) is 13.8. The zero-order chi connectivity index (χ0) is 17.1. The second-order valence-corrected chi connectivity index (χ2v) is 6.35. The molecule has 7 nitrogen and oxygen atoms in total. The van der Waals surface area contributed by atoms with E-state index in [1.165, 1.54) is 13.4 Å². The van der Waals surface area contributed by atoms with Crippen molar-refractivity contribution >= 4 is 17.7 Å². The molecule has 1 saturated carbocycles. The SMILES string of the molecule is COC(=O)/C(=N\OC1(C(=O)OC(C)(C)C)CCC1)c1ccco1. The third-order valence-electron chi connectivity index (χ3n) is 3.38. The summed E-state index contributed by atoms with van der Waals surface area (Å²) >= 11 is 0. The Kier molecular flexibility index (Phi) is 4.77. The maximum atomic E-state index is 12.3. The van der Waals surface area contributed by atoms with Crippen molar-refractivity contribution in [3.63, 3.8) is 0 Å². The lowest BCUT2D eigenvalue weighted by molar-refractivity contribution is -0.196. The molecule has 7 heteroatoms. The molecule has 1 aliphatic carbocycles. The van der Waals surface area contributed by atoms with Crippen molar-refractivity contribution in [2.75, 3.05) is 7.11 Å². The standard InChI is InChI=1S/C16H21NO6/c1-15(2,3)22-14(19)16(8-6-9-16)23-17-12(13(18)20-4)11-7-5-10-21-11/h5,7,10H,6,8-9H2,1-4H3/b17-12-. The van der Waals surface area contributed by atoms with Crippen LogP contribution in [-0.2, 0) is 23.9 Å². The van der Waals surface area contributed by atoms with E-state index in [1.54, 1.807) is 32.9 Å². The summed E-state index contributed by atoms with van der Waals surface area (Å²) in [4.78, 5) is 29.6. The highest BCUT2D eigenvalue weighted by Gasteiger charge is 2.50. The van der Waals surface area contributed by atoms with E-state index in [1.807, 2.05) is 0 Å². The van der Waals surface area contributed by atoms with Crippen molar-refractivity contribution in [2.45, 2.75) is 51.2 Å². The predicted octanol–water partition coefficient (Wildman–Crippen LogP) is 2.44. The normalized spacial score (nSPS) is 17.1. The first-order chi connectivity index (χ1) is 10.8. The van der Waals surface area contributed by atoms with Crippen LogP contribution in [0.15, 0.2) is 28.0 Å². The topological polar surface area (TPSA) is 87.3 Å². The summed E-state index contributed by atoms with van der Waals surface area (Å²) in [5, 5.41) is 3.83. The van der Waals surface area contributed by atoms with Crippen LogP contribution in [0.3, 0.4) is 0 Å². The van der Waals surface area contributed by atoms with Crippen LogP contribution >= 0.6 is 0 Å². The van der Waals surface area contributed by atoms with Gasteiger partial charge in [-0.2, -0.15) is 0 Å². The molecule has 1 fully saturated rings. The fourth-order valence-electron chi connectivity index (χ4n) is 2.03. The van der Waals surface area contributed by atoms with Crippen LogP contribution in [0.5, 0.6) is 0 Å². The Morgan fingerprint density at radius 3 is 2.43 bits per heavy atom. The third-order valence-corrected chi connectivity index (χ3v) is 3.38. The highest BCUT2D eigenvalue weighted by molar-refractivity contribution is 6.42. The summed E-state index contributed by atoms with van der Waals surface area (Å²) < 4.78 is 15.2. The fourth-order valence-corrected chi connectivity index (χ4v) is 2.03. The minimum atomic E-state index is -1.15. The van der Waals surface area contributed by atoms with Crippen molar-refractivity contribution in [1.29, 1.82) is 0 Å². The Balaban J connectivity index is 2.19. The molecule has 0 amide bonds. The van der Waals surface area contributed by atoms with Crippen molar-refractivity contribution in [3.05, 3.63) is 24.2 Å². The first-order valence-electron chi connectivity index (χ1n) is 7.39. The van der Waals surface area contributed by atoms with E-state index < -0.39 is 23.1 Å². The van der Waals surface area contributed by atoms with Crippen LogP contribution in [0.25, 0.3) is 0 Å². The van der Waals surface area contributed by atoms with E-state index in [-0.39, 0.29) is 11.5 Å². The van der Waals surface area contributed by atoms with E-state index in [4.69, 9.17) is 14.0 Å². The number of rotatable bonds is 5. The molecular weight excluding hydrogens is 302 g/mol. The van der Waals surface area contributed by atoms with E-state index >= 15 is 0 Å². The lowest BCUT2D eigenvalue weighted by Gasteiger charge is -2.38. The number of ether oxygens (including phenoxy) is 2. The van der Waals surface area contributed by atoms with Gasteiger partial charge in [-0.25, -0.2) is 9.59 Å². The second kappa shape index (κ2) is 6.44. The van der Waals surface area contributed by atoms with Crippen LogP contribution in [0.2, 0.25) is 0 Å². The van der Waals surface area contributed by atoms with E-state index in [0.717, 1.165) is 6.42 Å². The van der Waals surface area contributed by atoms with Crippen LogP contribution in [-0.4, -0.2) is 36.0 Å². The van der Waals surface area contributed by atoms with Crippen LogP contribution in [0.1, 0.15) is 45.8 Å². The van der Waals surface area contributed by atoms with Crippen molar-refractivity contribution < 1.29 is 28.3 Å². The summed E-state index contributed by atoms with van der Waals surface area (Å²) in [6.45, 7) is 5.34. The largest absolute Gasteiger partial charge is 0.464 e. The Hall–Kier alpha value is -2.31. The first kappa shape index (κ1) is 17.1. The van der Waals surface area contributed by atoms with Crippen molar-refractivity contribution in [1.82, 2.24) is 0 Å². The second-order valence-electron chi connectivity index (χ2n) is 6.35. The molecule has 126 valence electrons. The molecule has 23 heavy (non-hydrogen) atoms. The predicted molar refractivity (Wildman–Crippen MR) is 80.8 cm³/mol. The minimum absolute atomic E-state index is 0.132. The highest BCUT2D eigenvalue weighted by atomic mass is 16.7. The molecule has 1 heterocycles. The molecule has 0 saturated heterocycles. The van der Waals surface area contributed by atoms with Gasteiger partial charge in [0, 0.05) is 12.8 Å². The molecule has 0 radical (unpaired) electrons. The molecule has 0 spiro atoms. The molecule has 0 N–H and O–H groups in total. The zero-order valence-electron chi connectivity index (χ0n) is 13.8. The summed E-state index contributed by atoms with van der Waals surface area (Å²) in [5.41, 5.74) is -1.91. The Bertz CT molecular complexity index is 593. The number of oxime groups is 1. The van der Waals surface area contributed by atoms with Gasteiger partial charge in [0.15, 0.2) is 5.76 Å². The van der Waals surface area contributed by atoms with Gasteiger partial charge in [0.2, 0.25) is 11.3 Å². The number of carbonyl (C=O) groups is 2. The lowest BCUT2D eigenvalue weighted by atomic mass is 9.80. The monoisotopic (exact) mass is 323 g/mol. The third kappa shape index (κ3) is 3.91. The number of furan rings is 1. The molecule has 0 atom stereocenters. The van der Waals surface area contributed by atoms with Gasteiger partial charge in [-0.15, -0.1) is 0 Å². The molecule has 1 aromatic rings. The van der Waals surface area contributed by atoms with Gasteiger partial charge >= 0.3 is 11.9 Å². The number of nitrogens with zero attached hydrogens (tertiary/aromatic N) is 1.